The van der Waals surface area contributed by atoms with Gasteiger partial charge in [-0.05, 0) is 49.0 Å². The van der Waals surface area contributed by atoms with E-state index in [1.165, 1.54) is 38.5 Å². The zero-order valence-electron chi connectivity index (χ0n) is 13.6. The van der Waals surface area contributed by atoms with Gasteiger partial charge in [-0.15, -0.1) is 0 Å². The molecule has 108 valence electrons. The van der Waals surface area contributed by atoms with Gasteiger partial charge in [0.2, 0.25) is 0 Å². The van der Waals surface area contributed by atoms with Crippen molar-refractivity contribution in [3.05, 3.63) is 0 Å². The van der Waals surface area contributed by atoms with Gasteiger partial charge in [0, 0.05) is 6.04 Å². The molecule has 1 aliphatic rings. The first kappa shape index (κ1) is 16.0. The van der Waals surface area contributed by atoms with E-state index < -0.39 is 0 Å². The van der Waals surface area contributed by atoms with Crippen LogP contribution in [0.4, 0.5) is 0 Å². The van der Waals surface area contributed by atoms with Crippen molar-refractivity contribution >= 4 is 0 Å². The van der Waals surface area contributed by atoms with Crippen molar-refractivity contribution in [1.29, 1.82) is 0 Å². The van der Waals surface area contributed by atoms with Crippen LogP contribution in [0.2, 0.25) is 0 Å². The Labute approximate surface area is 115 Å². The second-order valence-electron chi connectivity index (χ2n) is 8.10. The highest BCUT2D eigenvalue weighted by Gasteiger charge is 2.37. The maximum absolute atomic E-state index is 3.78. The Morgan fingerprint density at radius 2 is 1.89 bits per heavy atom. The number of rotatable bonds is 5. The fourth-order valence-electron chi connectivity index (χ4n) is 3.56. The van der Waals surface area contributed by atoms with Crippen LogP contribution in [-0.4, -0.2) is 12.6 Å². The van der Waals surface area contributed by atoms with Crippen molar-refractivity contribution in [3.8, 4) is 0 Å². The second kappa shape index (κ2) is 6.41. The van der Waals surface area contributed by atoms with Gasteiger partial charge in [0.1, 0.15) is 0 Å². The molecule has 18 heavy (non-hydrogen) atoms. The highest BCUT2D eigenvalue weighted by Crippen LogP contribution is 2.43. The lowest BCUT2D eigenvalue weighted by Crippen LogP contribution is -2.45. The summed E-state index contributed by atoms with van der Waals surface area (Å²) in [5.74, 6) is 0.869. The summed E-state index contributed by atoms with van der Waals surface area (Å²) in [6.07, 6.45) is 8.37. The number of hydrogen-bond acceptors (Lipinski definition) is 1. The predicted octanol–water partition coefficient (Wildman–Crippen LogP) is 5.01. The fourth-order valence-corrected chi connectivity index (χ4v) is 3.56. The molecule has 0 heterocycles. The van der Waals surface area contributed by atoms with Gasteiger partial charge in [-0.25, -0.2) is 0 Å². The summed E-state index contributed by atoms with van der Waals surface area (Å²) in [7, 11) is 0. The molecule has 0 aromatic carbocycles. The Bertz CT molecular complexity index is 236. The molecule has 0 saturated heterocycles. The number of hydrogen-bond donors (Lipinski definition) is 1. The molecule has 2 atom stereocenters. The van der Waals surface area contributed by atoms with Crippen LogP contribution in [0.3, 0.4) is 0 Å². The Morgan fingerprint density at radius 1 is 1.22 bits per heavy atom. The molecule has 1 nitrogen and oxygen atoms in total. The standard InChI is InChI=1S/C17H35N/c1-7-18-15(11-13-16(2,3)4)14-10-8-9-12-17(14,5)6/h14-15,18H,7-13H2,1-6H3. The summed E-state index contributed by atoms with van der Waals surface area (Å²) in [4.78, 5) is 0. The van der Waals surface area contributed by atoms with E-state index >= 15 is 0 Å². The van der Waals surface area contributed by atoms with Gasteiger partial charge in [-0.1, -0.05) is 54.4 Å². The van der Waals surface area contributed by atoms with E-state index in [2.05, 4.69) is 46.9 Å². The fraction of sp³-hybridized carbons (Fsp3) is 1.00. The van der Waals surface area contributed by atoms with Gasteiger partial charge in [-0.3, -0.25) is 0 Å². The summed E-state index contributed by atoms with van der Waals surface area (Å²) < 4.78 is 0. The summed E-state index contributed by atoms with van der Waals surface area (Å²) in [6, 6.07) is 0.726. The summed E-state index contributed by atoms with van der Waals surface area (Å²) in [6.45, 7) is 15.4. The Morgan fingerprint density at radius 3 is 2.39 bits per heavy atom. The lowest BCUT2D eigenvalue weighted by atomic mass is 9.64. The van der Waals surface area contributed by atoms with Crippen LogP contribution in [0.5, 0.6) is 0 Å². The van der Waals surface area contributed by atoms with Gasteiger partial charge in [0.25, 0.3) is 0 Å². The zero-order chi connectivity index (χ0) is 13.8. The van der Waals surface area contributed by atoms with Crippen molar-refractivity contribution in [1.82, 2.24) is 5.32 Å². The minimum absolute atomic E-state index is 0.465. The molecule has 0 radical (unpaired) electrons. The van der Waals surface area contributed by atoms with Crippen LogP contribution in [0.1, 0.15) is 80.1 Å². The molecule has 0 bridgehead atoms. The lowest BCUT2D eigenvalue weighted by molar-refractivity contribution is 0.0900. The van der Waals surface area contributed by atoms with Crippen LogP contribution >= 0.6 is 0 Å². The van der Waals surface area contributed by atoms with E-state index in [9.17, 15) is 0 Å². The third kappa shape index (κ3) is 4.91. The predicted molar refractivity (Wildman–Crippen MR) is 81.9 cm³/mol. The minimum Gasteiger partial charge on any atom is -0.314 e. The van der Waals surface area contributed by atoms with Crippen molar-refractivity contribution in [2.45, 2.75) is 86.1 Å². The first-order valence-corrected chi connectivity index (χ1v) is 7.99. The van der Waals surface area contributed by atoms with E-state index in [4.69, 9.17) is 0 Å². The Balaban J connectivity index is 2.64. The Hall–Kier alpha value is -0.0400. The third-order valence-corrected chi connectivity index (χ3v) is 4.75. The monoisotopic (exact) mass is 253 g/mol. The minimum atomic E-state index is 0.465. The molecule has 0 amide bonds. The molecule has 0 spiro atoms. The topological polar surface area (TPSA) is 12.0 Å². The highest BCUT2D eigenvalue weighted by molar-refractivity contribution is 4.90. The van der Waals surface area contributed by atoms with Crippen LogP contribution < -0.4 is 5.32 Å². The lowest BCUT2D eigenvalue weighted by Gasteiger charge is -2.44. The van der Waals surface area contributed by atoms with E-state index in [1.807, 2.05) is 0 Å². The molecule has 0 aliphatic heterocycles. The maximum Gasteiger partial charge on any atom is 0.0100 e. The molecule has 0 aromatic rings. The quantitative estimate of drug-likeness (QED) is 0.726. The highest BCUT2D eigenvalue weighted by atomic mass is 14.9. The average Bonchev–Trinajstić information content (AvgIpc) is 2.23. The van der Waals surface area contributed by atoms with Crippen molar-refractivity contribution < 1.29 is 0 Å². The van der Waals surface area contributed by atoms with E-state index in [-0.39, 0.29) is 0 Å². The van der Waals surface area contributed by atoms with Crippen LogP contribution in [0.25, 0.3) is 0 Å². The molecule has 1 N–H and O–H groups in total. The largest absolute Gasteiger partial charge is 0.314 e. The zero-order valence-corrected chi connectivity index (χ0v) is 13.6. The summed E-state index contributed by atoms with van der Waals surface area (Å²) in [5, 5.41) is 3.78. The summed E-state index contributed by atoms with van der Waals surface area (Å²) >= 11 is 0. The van der Waals surface area contributed by atoms with Crippen LogP contribution in [0, 0.1) is 16.7 Å². The first-order valence-electron chi connectivity index (χ1n) is 7.99. The van der Waals surface area contributed by atoms with Gasteiger partial charge in [0.05, 0.1) is 0 Å². The van der Waals surface area contributed by atoms with E-state index in [0.717, 1.165) is 18.5 Å². The molecule has 0 aromatic heterocycles. The van der Waals surface area contributed by atoms with Crippen molar-refractivity contribution in [2.75, 3.05) is 6.54 Å². The van der Waals surface area contributed by atoms with Gasteiger partial charge < -0.3 is 5.32 Å². The van der Waals surface area contributed by atoms with E-state index in [1.54, 1.807) is 0 Å². The third-order valence-electron chi connectivity index (χ3n) is 4.75. The van der Waals surface area contributed by atoms with Gasteiger partial charge >= 0.3 is 0 Å². The average molecular weight is 253 g/mol. The molecule has 1 fully saturated rings. The number of nitrogens with one attached hydrogen (secondary N) is 1. The van der Waals surface area contributed by atoms with E-state index in [0.29, 0.717) is 10.8 Å². The second-order valence-corrected chi connectivity index (χ2v) is 8.10. The van der Waals surface area contributed by atoms with Crippen molar-refractivity contribution in [3.63, 3.8) is 0 Å². The van der Waals surface area contributed by atoms with Crippen LogP contribution in [-0.2, 0) is 0 Å². The molecular formula is C17H35N. The normalized spacial score (nSPS) is 26.0. The van der Waals surface area contributed by atoms with Crippen molar-refractivity contribution in [2.24, 2.45) is 16.7 Å². The summed E-state index contributed by atoms with van der Waals surface area (Å²) in [5.41, 5.74) is 0.995. The maximum atomic E-state index is 3.78. The Kier molecular flexibility index (Phi) is 5.70. The first-order chi connectivity index (χ1) is 8.26. The van der Waals surface area contributed by atoms with Gasteiger partial charge in [-0.2, -0.15) is 0 Å². The van der Waals surface area contributed by atoms with Crippen LogP contribution in [0.15, 0.2) is 0 Å². The molecule has 1 saturated carbocycles. The molecule has 1 heteroatoms. The molecule has 1 aliphatic carbocycles. The van der Waals surface area contributed by atoms with Gasteiger partial charge in [0.15, 0.2) is 0 Å². The molecule has 1 rings (SSSR count). The molecular weight excluding hydrogens is 218 g/mol. The smallest absolute Gasteiger partial charge is 0.0100 e. The molecule has 2 unspecified atom stereocenters. The SMILES string of the molecule is CCNC(CCC(C)(C)C)C1CCCCC1(C)C.